The largest absolute Gasteiger partial charge is 0.497 e. The molecule has 0 saturated heterocycles. The first-order valence-corrected chi connectivity index (χ1v) is 11.7. The fourth-order valence-electron chi connectivity index (χ4n) is 3.38. The van der Waals surface area contributed by atoms with E-state index in [9.17, 15) is 4.21 Å². The number of aliphatic imine (C=N–C) groups is 1. The zero-order valence-electron chi connectivity index (χ0n) is 17.8. The molecule has 1 aromatic rings. The van der Waals surface area contributed by atoms with Crippen molar-refractivity contribution in [3.8, 4) is 11.5 Å². The Kier molecular flexibility index (Phi) is 13.3. The Morgan fingerprint density at radius 3 is 2.59 bits per heavy atom. The summed E-state index contributed by atoms with van der Waals surface area (Å²) < 4.78 is 23.0. The van der Waals surface area contributed by atoms with E-state index >= 15 is 0 Å². The van der Waals surface area contributed by atoms with E-state index in [1.807, 2.05) is 31.2 Å². The maximum absolute atomic E-state index is 12.1. The van der Waals surface area contributed by atoms with Crippen molar-refractivity contribution in [2.75, 3.05) is 32.6 Å². The van der Waals surface area contributed by atoms with E-state index in [1.165, 1.54) is 0 Å². The Morgan fingerprint density at radius 2 is 1.93 bits per heavy atom. The van der Waals surface area contributed by atoms with Gasteiger partial charge >= 0.3 is 0 Å². The quantitative estimate of drug-likeness (QED) is 0.206. The second kappa shape index (κ2) is 14.9. The van der Waals surface area contributed by atoms with E-state index in [0.717, 1.165) is 61.9 Å². The summed E-state index contributed by atoms with van der Waals surface area (Å²) in [7, 11) is 0.947. The summed E-state index contributed by atoms with van der Waals surface area (Å²) in [6.45, 7) is 6.22. The lowest BCUT2D eigenvalue weighted by Crippen LogP contribution is -2.46. The smallest absolute Gasteiger partial charge is 0.191 e. The summed E-state index contributed by atoms with van der Waals surface area (Å²) in [6.07, 6.45) is 5.13. The lowest BCUT2D eigenvalue weighted by atomic mass is 9.95. The Hall–Kier alpha value is -1.03. The molecule has 1 aliphatic rings. The number of hydrogen-bond donors (Lipinski definition) is 2. The van der Waals surface area contributed by atoms with Crippen molar-refractivity contribution in [1.29, 1.82) is 0 Å². The molecule has 8 heteroatoms. The molecule has 2 rings (SSSR count). The molecule has 3 atom stereocenters. The van der Waals surface area contributed by atoms with Crippen molar-refractivity contribution < 1.29 is 13.7 Å². The van der Waals surface area contributed by atoms with Gasteiger partial charge in [-0.2, -0.15) is 0 Å². The van der Waals surface area contributed by atoms with Gasteiger partial charge < -0.3 is 20.1 Å². The molecule has 0 aromatic heterocycles. The van der Waals surface area contributed by atoms with E-state index in [1.54, 1.807) is 7.11 Å². The summed E-state index contributed by atoms with van der Waals surface area (Å²) >= 11 is 0. The molecule has 3 unspecified atom stereocenters. The van der Waals surface area contributed by atoms with Gasteiger partial charge in [-0.1, -0.05) is 13.3 Å². The summed E-state index contributed by atoms with van der Waals surface area (Å²) in [5.41, 5.74) is 0. The number of halogens is 1. The highest BCUT2D eigenvalue weighted by Crippen LogP contribution is 2.23. The average Bonchev–Trinajstić information content (AvgIpc) is 2.73. The van der Waals surface area contributed by atoms with Crippen molar-refractivity contribution in [1.82, 2.24) is 10.6 Å². The fraction of sp³-hybridized carbons (Fsp3) is 0.667. The van der Waals surface area contributed by atoms with Gasteiger partial charge in [0, 0.05) is 47.4 Å². The molecule has 1 saturated carbocycles. The molecule has 1 aliphatic carbocycles. The highest BCUT2D eigenvalue weighted by atomic mass is 127. The normalized spacial score (nSPS) is 20.3. The van der Waals surface area contributed by atoms with Crippen molar-refractivity contribution in [2.24, 2.45) is 4.99 Å². The van der Waals surface area contributed by atoms with Gasteiger partial charge in [-0.05, 0) is 50.5 Å². The van der Waals surface area contributed by atoms with Crippen LogP contribution in [0.4, 0.5) is 0 Å². The van der Waals surface area contributed by atoms with Crippen molar-refractivity contribution in [3.05, 3.63) is 24.3 Å². The summed E-state index contributed by atoms with van der Waals surface area (Å²) in [4.78, 5) is 4.67. The molecule has 1 fully saturated rings. The molecule has 0 spiro atoms. The van der Waals surface area contributed by atoms with Crippen LogP contribution in [0.1, 0.15) is 46.0 Å². The highest BCUT2D eigenvalue weighted by Gasteiger charge is 2.25. The fourth-order valence-corrected chi connectivity index (χ4v) is 4.73. The monoisotopic (exact) mass is 537 g/mol. The Bertz CT molecular complexity index is 628. The summed E-state index contributed by atoms with van der Waals surface area (Å²) in [5, 5.41) is 7.17. The van der Waals surface area contributed by atoms with Crippen LogP contribution in [0.3, 0.4) is 0 Å². The second-order valence-electron chi connectivity index (χ2n) is 6.94. The minimum atomic E-state index is -0.706. The zero-order chi connectivity index (χ0) is 20.2. The number of ether oxygens (including phenoxy) is 2. The Morgan fingerprint density at radius 1 is 1.21 bits per heavy atom. The molecule has 166 valence electrons. The Labute approximate surface area is 195 Å². The van der Waals surface area contributed by atoms with Crippen LogP contribution in [0, 0.1) is 0 Å². The third-order valence-corrected chi connectivity index (χ3v) is 6.61. The van der Waals surface area contributed by atoms with Crippen LogP contribution in [-0.2, 0) is 10.8 Å². The summed E-state index contributed by atoms with van der Waals surface area (Å²) in [6, 6.07) is 7.96. The topological polar surface area (TPSA) is 72.0 Å². The van der Waals surface area contributed by atoms with Crippen LogP contribution >= 0.6 is 24.0 Å². The molecule has 0 heterocycles. The van der Waals surface area contributed by atoms with Gasteiger partial charge in [-0.25, -0.2) is 0 Å². The number of benzene rings is 1. The lowest BCUT2D eigenvalue weighted by Gasteiger charge is -2.30. The molecule has 6 nitrogen and oxygen atoms in total. The average molecular weight is 538 g/mol. The van der Waals surface area contributed by atoms with Crippen LogP contribution in [-0.4, -0.2) is 54.0 Å². The van der Waals surface area contributed by atoms with Crippen LogP contribution in [0.5, 0.6) is 11.5 Å². The second-order valence-corrected chi connectivity index (χ2v) is 8.94. The van der Waals surface area contributed by atoms with E-state index in [-0.39, 0.29) is 24.0 Å². The first-order chi connectivity index (χ1) is 13.7. The maximum Gasteiger partial charge on any atom is 0.191 e. The zero-order valence-corrected chi connectivity index (χ0v) is 21.0. The predicted molar refractivity (Wildman–Crippen MR) is 132 cm³/mol. The summed E-state index contributed by atoms with van der Waals surface area (Å²) in [5.74, 6) is 3.26. The van der Waals surface area contributed by atoms with Crippen LogP contribution < -0.4 is 20.1 Å². The predicted octanol–water partition coefficient (Wildman–Crippen LogP) is 3.72. The van der Waals surface area contributed by atoms with Crippen LogP contribution in [0.25, 0.3) is 0 Å². The highest BCUT2D eigenvalue weighted by molar-refractivity contribution is 14.0. The SMILES string of the molecule is CCNC(=NCCCOc1ccc(OC)cc1)NC1CCCC(S(=O)CC)C1.I. The van der Waals surface area contributed by atoms with Crippen molar-refractivity contribution in [2.45, 2.75) is 57.2 Å². The minimum absolute atomic E-state index is 0. The van der Waals surface area contributed by atoms with Gasteiger partial charge in [-0.3, -0.25) is 9.20 Å². The number of hydrogen-bond acceptors (Lipinski definition) is 4. The number of rotatable bonds is 10. The number of nitrogens with one attached hydrogen (secondary N) is 2. The van der Waals surface area contributed by atoms with Gasteiger partial charge in [0.2, 0.25) is 0 Å². The van der Waals surface area contributed by atoms with E-state index in [2.05, 4.69) is 22.5 Å². The van der Waals surface area contributed by atoms with Gasteiger partial charge in [0.25, 0.3) is 0 Å². The van der Waals surface area contributed by atoms with Gasteiger partial charge in [-0.15, -0.1) is 24.0 Å². The number of methoxy groups -OCH3 is 1. The molecule has 0 bridgehead atoms. The third-order valence-electron chi connectivity index (χ3n) is 4.87. The lowest BCUT2D eigenvalue weighted by molar-refractivity contribution is 0.312. The first-order valence-electron chi connectivity index (χ1n) is 10.3. The first kappa shape index (κ1) is 26.0. The molecular formula is C21H36IN3O3S. The van der Waals surface area contributed by atoms with E-state index < -0.39 is 10.8 Å². The van der Waals surface area contributed by atoms with E-state index in [0.29, 0.717) is 24.4 Å². The molecule has 0 radical (unpaired) electrons. The molecule has 0 aliphatic heterocycles. The number of guanidine groups is 1. The van der Waals surface area contributed by atoms with Crippen molar-refractivity contribution in [3.63, 3.8) is 0 Å². The molecule has 29 heavy (non-hydrogen) atoms. The molecule has 0 amide bonds. The molecule has 1 aromatic carbocycles. The van der Waals surface area contributed by atoms with Crippen molar-refractivity contribution >= 4 is 40.7 Å². The molecular weight excluding hydrogens is 501 g/mol. The van der Waals surface area contributed by atoms with Gasteiger partial charge in [0.15, 0.2) is 5.96 Å². The Balaban J connectivity index is 0.00000420. The minimum Gasteiger partial charge on any atom is -0.497 e. The third kappa shape index (κ3) is 9.55. The van der Waals surface area contributed by atoms with Crippen LogP contribution in [0.2, 0.25) is 0 Å². The van der Waals surface area contributed by atoms with Gasteiger partial charge in [0.1, 0.15) is 11.5 Å². The molecule has 2 N–H and O–H groups in total. The van der Waals surface area contributed by atoms with Crippen LogP contribution in [0.15, 0.2) is 29.3 Å². The maximum atomic E-state index is 12.1. The van der Waals surface area contributed by atoms with E-state index in [4.69, 9.17) is 9.47 Å². The van der Waals surface area contributed by atoms with Gasteiger partial charge in [0.05, 0.1) is 13.7 Å². The standard InChI is InChI=1S/C21H35N3O3S.HI/c1-4-22-21(24-17-8-6-9-20(16-17)28(25)5-2)23-14-7-15-27-19-12-10-18(26-3)11-13-19;/h10-13,17,20H,4-9,14-16H2,1-3H3,(H2,22,23,24);1H. The number of nitrogens with zero attached hydrogens (tertiary/aromatic N) is 1.